The number of furan rings is 1. The molecule has 0 bridgehead atoms. The number of hydrogen-bond acceptors (Lipinski definition) is 9. The van der Waals surface area contributed by atoms with Crippen LogP contribution in [-0.2, 0) is 4.74 Å². The summed E-state index contributed by atoms with van der Waals surface area (Å²) in [5, 5.41) is 15.0. The fourth-order valence-corrected chi connectivity index (χ4v) is 2.94. The Hall–Kier alpha value is -3.79. The Balaban J connectivity index is 1.44. The summed E-state index contributed by atoms with van der Waals surface area (Å²) in [6, 6.07) is 9.62. The molecule has 0 spiro atoms. The Labute approximate surface area is 170 Å². The number of carbonyl (C=O) groups is 1. The van der Waals surface area contributed by atoms with Gasteiger partial charge in [-0.2, -0.15) is 10.1 Å². The van der Waals surface area contributed by atoms with Crippen LogP contribution in [0.1, 0.15) is 16.1 Å². The van der Waals surface area contributed by atoms with Gasteiger partial charge in [0.05, 0.1) is 31.6 Å². The molecule has 0 amide bonds. The van der Waals surface area contributed by atoms with Gasteiger partial charge in [0.15, 0.2) is 11.6 Å². The first-order valence-corrected chi connectivity index (χ1v) is 9.16. The van der Waals surface area contributed by atoms with Crippen molar-refractivity contribution in [2.24, 2.45) is 5.10 Å². The van der Waals surface area contributed by atoms with Crippen molar-refractivity contribution >= 4 is 24.0 Å². The summed E-state index contributed by atoms with van der Waals surface area (Å²) in [7, 11) is 0. The number of anilines is 2. The van der Waals surface area contributed by atoms with Crippen molar-refractivity contribution in [3.05, 3.63) is 59.7 Å². The number of halogens is 1. The summed E-state index contributed by atoms with van der Waals surface area (Å²) < 4.78 is 25.0. The van der Waals surface area contributed by atoms with Gasteiger partial charge in [-0.3, -0.25) is 0 Å². The van der Waals surface area contributed by atoms with Gasteiger partial charge in [0, 0.05) is 18.7 Å². The summed E-state index contributed by atoms with van der Waals surface area (Å²) in [5.41, 5.74) is 3.31. The van der Waals surface area contributed by atoms with Crippen LogP contribution in [0.25, 0.3) is 11.3 Å². The molecule has 0 aliphatic carbocycles. The fourth-order valence-electron chi connectivity index (χ4n) is 2.94. The molecule has 1 aliphatic heterocycles. The Morgan fingerprint density at radius 3 is 2.90 bits per heavy atom. The number of hydrazone groups is 1. The van der Waals surface area contributed by atoms with E-state index in [2.05, 4.69) is 20.5 Å². The van der Waals surface area contributed by atoms with Gasteiger partial charge in [-0.15, -0.1) is 0 Å². The molecule has 2 aromatic heterocycles. The molecular weight excluding hydrogens is 393 g/mol. The number of ether oxygens (including phenoxy) is 1. The van der Waals surface area contributed by atoms with Crippen molar-refractivity contribution in [1.29, 1.82) is 0 Å². The molecule has 154 valence electrons. The summed E-state index contributed by atoms with van der Waals surface area (Å²) in [4.78, 5) is 20.8. The Bertz CT molecular complexity index is 1080. The number of hydrogen-bond donors (Lipinski definition) is 1. The van der Waals surface area contributed by atoms with Crippen LogP contribution in [0.5, 0.6) is 0 Å². The van der Waals surface area contributed by atoms with Crippen LogP contribution in [0.15, 0.2) is 52.1 Å². The SMILES string of the molecule is O=C([O-])c1cccc(-c2ccc(/C=N\Nc3ncc(F)c(N4CCOCC4)n3)o2)c1. The van der Waals surface area contributed by atoms with E-state index in [4.69, 9.17) is 9.15 Å². The van der Waals surface area contributed by atoms with Crippen LogP contribution in [0.4, 0.5) is 16.2 Å². The number of morpholine rings is 1. The molecule has 0 unspecified atom stereocenters. The van der Waals surface area contributed by atoms with Gasteiger partial charge in [0.2, 0.25) is 5.95 Å². The smallest absolute Gasteiger partial charge is 0.245 e. The maximum Gasteiger partial charge on any atom is 0.245 e. The number of rotatable bonds is 6. The highest BCUT2D eigenvalue weighted by molar-refractivity contribution is 5.87. The third-order valence-electron chi connectivity index (χ3n) is 4.40. The number of carbonyl (C=O) groups excluding carboxylic acids is 1. The quantitative estimate of drug-likeness (QED) is 0.480. The molecule has 9 nitrogen and oxygen atoms in total. The Kier molecular flexibility index (Phi) is 5.66. The second kappa shape index (κ2) is 8.70. The normalized spacial score (nSPS) is 14.2. The van der Waals surface area contributed by atoms with Crippen molar-refractivity contribution in [1.82, 2.24) is 9.97 Å². The molecule has 1 aromatic carbocycles. The van der Waals surface area contributed by atoms with Gasteiger partial charge in [-0.25, -0.2) is 14.8 Å². The molecular formula is C20H17FN5O4-. The number of aromatic carboxylic acids is 1. The number of nitrogens with one attached hydrogen (secondary N) is 1. The summed E-state index contributed by atoms with van der Waals surface area (Å²) >= 11 is 0. The first-order valence-electron chi connectivity index (χ1n) is 9.16. The van der Waals surface area contributed by atoms with E-state index in [-0.39, 0.29) is 17.3 Å². The minimum absolute atomic E-state index is 0.0605. The van der Waals surface area contributed by atoms with E-state index >= 15 is 0 Å². The lowest BCUT2D eigenvalue weighted by Gasteiger charge is -2.27. The lowest BCUT2D eigenvalue weighted by molar-refractivity contribution is -0.255. The lowest BCUT2D eigenvalue weighted by atomic mass is 10.1. The maximum absolute atomic E-state index is 14.1. The zero-order valence-electron chi connectivity index (χ0n) is 15.7. The van der Waals surface area contributed by atoms with Gasteiger partial charge in [0.1, 0.15) is 11.5 Å². The molecule has 4 rings (SSSR count). The summed E-state index contributed by atoms with van der Waals surface area (Å²) in [5.74, 6) is -0.535. The van der Waals surface area contributed by atoms with Gasteiger partial charge in [-0.05, 0) is 23.8 Å². The largest absolute Gasteiger partial charge is 0.545 e. The third-order valence-corrected chi connectivity index (χ3v) is 4.40. The molecule has 3 heterocycles. The topological polar surface area (TPSA) is 116 Å². The predicted octanol–water partition coefficient (Wildman–Crippen LogP) is 1.52. The first-order chi connectivity index (χ1) is 14.6. The second-order valence-corrected chi connectivity index (χ2v) is 6.40. The zero-order valence-corrected chi connectivity index (χ0v) is 15.7. The highest BCUT2D eigenvalue weighted by Crippen LogP contribution is 2.23. The number of benzene rings is 1. The van der Waals surface area contributed by atoms with Crippen LogP contribution >= 0.6 is 0 Å². The monoisotopic (exact) mass is 410 g/mol. The van der Waals surface area contributed by atoms with E-state index in [1.54, 1.807) is 29.2 Å². The second-order valence-electron chi connectivity index (χ2n) is 6.40. The number of aromatic nitrogens is 2. The summed E-state index contributed by atoms with van der Waals surface area (Å²) in [6.45, 7) is 2.12. The van der Waals surface area contributed by atoms with Gasteiger partial charge < -0.3 is 24.0 Å². The first kappa shape index (κ1) is 19.5. The minimum Gasteiger partial charge on any atom is -0.545 e. The van der Waals surface area contributed by atoms with Gasteiger partial charge in [-0.1, -0.05) is 18.2 Å². The highest BCUT2D eigenvalue weighted by Gasteiger charge is 2.17. The van der Waals surface area contributed by atoms with E-state index < -0.39 is 11.8 Å². The Morgan fingerprint density at radius 1 is 1.27 bits per heavy atom. The maximum atomic E-state index is 14.1. The molecule has 10 heteroatoms. The number of carboxylic acids is 1. The van der Waals surface area contributed by atoms with Crippen molar-refractivity contribution in [3.63, 3.8) is 0 Å². The van der Waals surface area contributed by atoms with Crippen LogP contribution in [0.2, 0.25) is 0 Å². The molecule has 1 fully saturated rings. The van der Waals surface area contributed by atoms with E-state index in [0.29, 0.717) is 43.4 Å². The fraction of sp³-hybridized carbons (Fsp3) is 0.200. The third kappa shape index (κ3) is 4.44. The van der Waals surface area contributed by atoms with E-state index in [0.717, 1.165) is 6.20 Å². The molecule has 0 saturated carbocycles. The molecule has 30 heavy (non-hydrogen) atoms. The molecule has 1 aliphatic rings. The number of nitrogens with zero attached hydrogens (tertiary/aromatic N) is 4. The van der Waals surface area contributed by atoms with Crippen molar-refractivity contribution in [2.75, 3.05) is 36.6 Å². The van der Waals surface area contributed by atoms with Crippen molar-refractivity contribution in [2.45, 2.75) is 0 Å². The lowest BCUT2D eigenvalue weighted by Crippen LogP contribution is -2.37. The van der Waals surface area contributed by atoms with Crippen molar-refractivity contribution < 1.29 is 23.4 Å². The average molecular weight is 410 g/mol. The van der Waals surface area contributed by atoms with Gasteiger partial charge >= 0.3 is 0 Å². The molecule has 1 N–H and O–H groups in total. The molecule has 1 saturated heterocycles. The Morgan fingerprint density at radius 2 is 2.10 bits per heavy atom. The molecule has 3 aromatic rings. The average Bonchev–Trinajstić information content (AvgIpc) is 3.24. The molecule has 0 atom stereocenters. The van der Waals surface area contributed by atoms with E-state index in [9.17, 15) is 14.3 Å². The predicted molar refractivity (Wildman–Crippen MR) is 105 cm³/mol. The van der Waals surface area contributed by atoms with Crippen LogP contribution in [0.3, 0.4) is 0 Å². The standard InChI is InChI=1S/C20H18FN5O4/c21-16-12-22-20(24-18(16)26-6-8-29-9-7-26)25-23-11-15-4-5-17(30-15)13-2-1-3-14(10-13)19(27)28/h1-5,10-12H,6-9H2,(H,27,28)(H,22,24,25)/p-1/b23-11-. The molecule has 0 radical (unpaired) electrons. The van der Waals surface area contributed by atoms with Gasteiger partial charge in [0.25, 0.3) is 0 Å². The van der Waals surface area contributed by atoms with Crippen LogP contribution in [-0.4, -0.2) is 48.5 Å². The summed E-state index contributed by atoms with van der Waals surface area (Å²) in [6.07, 6.45) is 2.50. The van der Waals surface area contributed by atoms with Crippen molar-refractivity contribution in [3.8, 4) is 11.3 Å². The van der Waals surface area contributed by atoms with Crippen LogP contribution in [0, 0.1) is 5.82 Å². The number of carboxylic acid groups (broad SMARTS) is 1. The highest BCUT2D eigenvalue weighted by atomic mass is 19.1. The zero-order chi connectivity index (χ0) is 20.9. The van der Waals surface area contributed by atoms with Crippen LogP contribution < -0.4 is 15.4 Å². The van der Waals surface area contributed by atoms with E-state index in [1.807, 2.05) is 0 Å². The van der Waals surface area contributed by atoms with E-state index in [1.165, 1.54) is 18.3 Å². The minimum atomic E-state index is -1.26.